The Morgan fingerprint density at radius 2 is 1.95 bits per heavy atom. The second-order valence-corrected chi connectivity index (χ2v) is 5.18. The minimum Gasteiger partial charge on any atom is -0.375 e. The van der Waals surface area contributed by atoms with E-state index in [1.807, 2.05) is 0 Å². The Labute approximate surface area is 125 Å². The minimum absolute atomic E-state index is 0.0529. The summed E-state index contributed by atoms with van der Waals surface area (Å²) in [5.41, 5.74) is 0.344. The molecule has 0 N–H and O–H groups in total. The first-order valence-electron chi connectivity index (χ1n) is 6.15. The third kappa shape index (κ3) is 3.31. The van der Waals surface area contributed by atoms with Crippen molar-refractivity contribution in [1.29, 1.82) is 0 Å². The van der Waals surface area contributed by atoms with E-state index in [1.165, 1.54) is 13.4 Å². The molecule has 7 nitrogen and oxygen atoms in total. The Kier molecular flexibility index (Phi) is 5.02. The summed E-state index contributed by atoms with van der Waals surface area (Å²) in [5, 5.41) is 0. The Morgan fingerprint density at radius 3 is 2.55 bits per heavy atom. The summed E-state index contributed by atoms with van der Waals surface area (Å²) < 4.78 is 5.39. The highest BCUT2D eigenvalue weighted by atomic mass is 79.9. The quantitative estimate of drug-likeness (QED) is 0.782. The summed E-state index contributed by atoms with van der Waals surface area (Å²) in [7, 11) is 1.49. The first kappa shape index (κ1) is 14.9. The zero-order valence-electron chi connectivity index (χ0n) is 11.1. The van der Waals surface area contributed by atoms with Crippen molar-refractivity contribution in [2.45, 2.75) is 0 Å². The van der Waals surface area contributed by atoms with E-state index in [1.54, 1.807) is 16.0 Å². The fraction of sp³-hybridized carbons (Fsp3) is 0.500. The molecule has 108 valence electrons. The van der Waals surface area contributed by atoms with Gasteiger partial charge in [0.15, 0.2) is 0 Å². The highest BCUT2D eigenvalue weighted by Gasteiger charge is 2.26. The number of amides is 2. The number of halogens is 1. The maximum absolute atomic E-state index is 12.3. The molecule has 2 amide bonds. The summed E-state index contributed by atoms with van der Waals surface area (Å²) in [4.78, 5) is 35.2. The van der Waals surface area contributed by atoms with Crippen LogP contribution in [0.4, 0.5) is 0 Å². The molecule has 0 spiro atoms. The van der Waals surface area contributed by atoms with E-state index in [4.69, 9.17) is 4.74 Å². The van der Waals surface area contributed by atoms with Crippen LogP contribution in [-0.4, -0.2) is 71.5 Å². The molecule has 0 unspecified atom stereocenters. The van der Waals surface area contributed by atoms with E-state index in [0.717, 1.165) is 0 Å². The number of rotatable bonds is 3. The van der Waals surface area contributed by atoms with Crippen LogP contribution < -0.4 is 0 Å². The number of piperazine rings is 1. The number of aromatic nitrogens is 2. The van der Waals surface area contributed by atoms with Gasteiger partial charge in [0.05, 0.1) is 4.47 Å². The van der Waals surface area contributed by atoms with Crippen molar-refractivity contribution in [2.75, 3.05) is 39.9 Å². The topological polar surface area (TPSA) is 75.6 Å². The van der Waals surface area contributed by atoms with E-state index in [2.05, 4.69) is 25.9 Å². The van der Waals surface area contributed by atoms with E-state index >= 15 is 0 Å². The third-order valence-electron chi connectivity index (χ3n) is 3.06. The second kappa shape index (κ2) is 6.76. The lowest BCUT2D eigenvalue weighted by Crippen LogP contribution is -2.51. The Morgan fingerprint density at radius 1 is 1.30 bits per heavy atom. The van der Waals surface area contributed by atoms with Gasteiger partial charge in [-0.1, -0.05) is 0 Å². The van der Waals surface area contributed by atoms with Crippen molar-refractivity contribution < 1.29 is 14.3 Å². The summed E-state index contributed by atoms with van der Waals surface area (Å²) >= 11 is 3.27. The van der Waals surface area contributed by atoms with Crippen molar-refractivity contribution in [3.05, 3.63) is 22.7 Å². The van der Waals surface area contributed by atoms with Crippen LogP contribution in [0.1, 0.15) is 10.5 Å². The predicted octanol–water partition coefficient (Wildman–Crippen LogP) is 0.170. The molecule has 0 atom stereocenters. The van der Waals surface area contributed by atoms with Gasteiger partial charge in [-0.15, -0.1) is 0 Å². The zero-order valence-corrected chi connectivity index (χ0v) is 12.7. The third-order valence-corrected chi connectivity index (χ3v) is 3.64. The van der Waals surface area contributed by atoms with Gasteiger partial charge in [0.2, 0.25) is 5.91 Å². The molecule has 1 aliphatic heterocycles. The van der Waals surface area contributed by atoms with Gasteiger partial charge in [-0.2, -0.15) is 0 Å². The highest BCUT2D eigenvalue weighted by Crippen LogP contribution is 2.15. The largest absolute Gasteiger partial charge is 0.375 e. The number of hydrogen-bond acceptors (Lipinski definition) is 5. The van der Waals surface area contributed by atoms with Gasteiger partial charge >= 0.3 is 0 Å². The Balaban J connectivity index is 1.96. The molecule has 1 aromatic heterocycles. The van der Waals surface area contributed by atoms with Crippen molar-refractivity contribution in [1.82, 2.24) is 19.8 Å². The van der Waals surface area contributed by atoms with Crippen LogP contribution in [0.25, 0.3) is 0 Å². The van der Waals surface area contributed by atoms with Crippen LogP contribution in [0.15, 0.2) is 17.0 Å². The van der Waals surface area contributed by atoms with Gasteiger partial charge in [0.1, 0.15) is 18.6 Å². The number of hydrogen-bond donors (Lipinski definition) is 0. The molecule has 1 fully saturated rings. The molecule has 20 heavy (non-hydrogen) atoms. The average molecular weight is 343 g/mol. The number of carbonyl (C=O) groups is 2. The summed E-state index contributed by atoms with van der Waals surface area (Å²) in [5.74, 6) is -0.207. The van der Waals surface area contributed by atoms with Crippen molar-refractivity contribution in [3.63, 3.8) is 0 Å². The van der Waals surface area contributed by atoms with Gasteiger partial charge in [0, 0.05) is 39.5 Å². The van der Waals surface area contributed by atoms with Crippen molar-refractivity contribution >= 4 is 27.7 Å². The van der Waals surface area contributed by atoms with E-state index < -0.39 is 0 Å². The molecule has 0 radical (unpaired) electrons. The van der Waals surface area contributed by atoms with Crippen LogP contribution in [0.5, 0.6) is 0 Å². The van der Waals surface area contributed by atoms with Gasteiger partial charge in [0.25, 0.3) is 5.91 Å². The molecule has 0 bridgehead atoms. The minimum atomic E-state index is -0.155. The first-order chi connectivity index (χ1) is 9.63. The monoisotopic (exact) mass is 342 g/mol. The van der Waals surface area contributed by atoms with Crippen LogP contribution >= 0.6 is 15.9 Å². The standard InChI is InChI=1S/C12H15BrN4O3/c1-20-7-10(18)16-2-4-17(5-3-16)12(19)11-9(13)6-14-8-15-11/h6,8H,2-5,7H2,1H3. The molecule has 0 saturated carbocycles. The van der Waals surface area contributed by atoms with Gasteiger partial charge < -0.3 is 14.5 Å². The van der Waals surface area contributed by atoms with E-state index in [-0.39, 0.29) is 18.4 Å². The van der Waals surface area contributed by atoms with Crippen molar-refractivity contribution in [2.24, 2.45) is 0 Å². The van der Waals surface area contributed by atoms with Crippen molar-refractivity contribution in [3.8, 4) is 0 Å². The maximum Gasteiger partial charge on any atom is 0.273 e. The summed E-state index contributed by atoms with van der Waals surface area (Å²) in [6.45, 7) is 2.08. The van der Waals surface area contributed by atoms with E-state index in [9.17, 15) is 9.59 Å². The molecular weight excluding hydrogens is 328 g/mol. The number of ether oxygens (including phenoxy) is 1. The molecule has 0 aromatic carbocycles. The highest BCUT2D eigenvalue weighted by molar-refractivity contribution is 9.10. The SMILES string of the molecule is COCC(=O)N1CCN(C(=O)c2ncncc2Br)CC1. The fourth-order valence-corrected chi connectivity index (χ4v) is 2.38. The molecule has 8 heteroatoms. The summed E-state index contributed by atoms with van der Waals surface area (Å²) in [6, 6.07) is 0. The smallest absolute Gasteiger partial charge is 0.273 e. The molecular formula is C12H15BrN4O3. The van der Waals surface area contributed by atoms with Gasteiger partial charge in [-0.3, -0.25) is 9.59 Å². The molecule has 2 heterocycles. The average Bonchev–Trinajstić information content (AvgIpc) is 2.47. The van der Waals surface area contributed by atoms with Crippen LogP contribution in [-0.2, 0) is 9.53 Å². The van der Waals surface area contributed by atoms with Crippen LogP contribution in [0.2, 0.25) is 0 Å². The van der Waals surface area contributed by atoms with Gasteiger partial charge in [-0.05, 0) is 15.9 Å². The summed E-state index contributed by atoms with van der Waals surface area (Å²) in [6.07, 6.45) is 2.88. The molecule has 2 rings (SSSR count). The number of carbonyl (C=O) groups excluding carboxylic acids is 2. The first-order valence-corrected chi connectivity index (χ1v) is 6.94. The maximum atomic E-state index is 12.3. The number of nitrogens with zero attached hydrogens (tertiary/aromatic N) is 4. The lowest BCUT2D eigenvalue weighted by atomic mass is 10.2. The van der Waals surface area contributed by atoms with E-state index in [0.29, 0.717) is 36.3 Å². The zero-order chi connectivity index (χ0) is 14.5. The Hall–Kier alpha value is -1.54. The van der Waals surface area contributed by atoms with Crippen LogP contribution in [0, 0.1) is 0 Å². The predicted molar refractivity (Wildman–Crippen MR) is 74.1 cm³/mol. The second-order valence-electron chi connectivity index (χ2n) is 4.33. The normalized spacial score (nSPS) is 15.3. The molecule has 1 aliphatic rings. The van der Waals surface area contributed by atoms with Crippen LogP contribution in [0.3, 0.4) is 0 Å². The molecule has 1 saturated heterocycles. The lowest BCUT2D eigenvalue weighted by Gasteiger charge is -2.34. The number of methoxy groups -OCH3 is 1. The molecule has 1 aromatic rings. The Bertz CT molecular complexity index is 503. The molecule has 0 aliphatic carbocycles. The lowest BCUT2D eigenvalue weighted by molar-refractivity contribution is -0.136. The fourth-order valence-electron chi connectivity index (χ4n) is 1.99. The van der Waals surface area contributed by atoms with Gasteiger partial charge in [-0.25, -0.2) is 9.97 Å².